The van der Waals surface area contributed by atoms with Crippen molar-refractivity contribution in [3.63, 3.8) is 0 Å². The van der Waals surface area contributed by atoms with Crippen molar-refractivity contribution in [2.24, 2.45) is 0 Å². The molecule has 0 saturated carbocycles. The quantitative estimate of drug-likeness (QED) is 0.875. The monoisotopic (exact) mass is 340 g/mol. The fourth-order valence-corrected chi connectivity index (χ4v) is 2.45. The zero-order valence-corrected chi connectivity index (χ0v) is 14.8. The molecule has 132 valence electrons. The average Bonchev–Trinajstić information content (AvgIpc) is 2.66. The van der Waals surface area contributed by atoms with Crippen LogP contribution in [0.4, 0.5) is 4.79 Å². The first-order chi connectivity index (χ1) is 12.0. The number of likely N-dealkylation sites (N-methyl/N-ethyl adjacent to an activating group) is 1. The number of nitrogens with zero attached hydrogens (tertiary/aromatic N) is 1. The number of hydrogen-bond donors (Lipinski definition) is 1. The third kappa shape index (κ3) is 5.35. The highest BCUT2D eigenvalue weighted by atomic mass is 16.5. The number of carbonyl (C=O) groups excluding carboxylic acids is 2. The van der Waals surface area contributed by atoms with E-state index in [1.165, 1.54) is 0 Å². The Morgan fingerprint density at radius 1 is 1.00 bits per heavy atom. The Bertz CT molecular complexity index is 689. The number of rotatable bonds is 6. The van der Waals surface area contributed by atoms with Gasteiger partial charge in [0.1, 0.15) is 12.6 Å². The van der Waals surface area contributed by atoms with E-state index < -0.39 is 12.1 Å². The lowest BCUT2D eigenvalue weighted by Crippen LogP contribution is -2.46. The topological polar surface area (TPSA) is 58.6 Å². The third-order valence-corrected chi connectivity index (χ3v) is 4.13. The molecule has 2 aromatic rings. The van der Waals surface area contributed by atoms with Gasteiger partial charge in [0.15, 0.2) is 0 Å². The molecule has 1 N–H and O–H groups in total. The highest BCUT2D eigenvalue weighted by Crippen LogP contribution is 2.18. The average molecular weight is 340 g/mol. The van der Waals surface area contributed by atoms with Gasteiger partial charge in [-0.15, -0.1) is 0 Å². The van der Waals surface area contributed by atoms with Crippen LogP contribution >= 0.6 is 0 Å². The van der Waals surface area contributed by atoms with E-state index in [0.29, 0.717) is 0 Å². The first kappa shape index (κ1) is 18.5. The lowest BCUT2D eigenvalue weighted by atomic mass is 10.1. The Kier molecular flexibility index (Phi) is 6.57. The van der Waals surface area contributed by atoms with Crippen LogP contribution in [-0.4, -0.2) is 30.0 Å². The molecule has 2 atom stereocenters. The second kappa shape index (κ2) is 8.87. The fourth-order valence-electron chi connectivity index (χ4n) is 2.45. The molecule has 0 saturated heterocycles. The van der Waals surface area contributed by atoms with Crippen molar-refractivity contribution >= 4 is 12.0 Å². The minimum atomic E-state index is -0.667. The molecule has 2 amide bonds. The lowest BCUT2D eigenvalue weighted by molar-refractivity contribution is -0.133. The van der Waals surface area contributed by atoms with Gasteiger partial charge in [-0.25, -0.2) is 4.79 Å². The Morgan fingerprint density at radius 3 is 2.16 bits per heavy atom. The van der Waals surface area contributed by atoms with Crippen molar-refractivity contribution in [2.75, 3.05) is 7.05 Å². The molecule has 0 bridgehead atoms. The summed E-state index contributed by atoms with van der Waals surface area (Å²) in [7, 11) is 1.73. The van der Waals surface area contributed by atoms with E-state index in [9.17, 15) is 9.59 Å². The van der Waals surface area contributed by atoms with Crippen molar-refractivity contribution in [1.29, 1.82) is 0 Å². The van der Waals surface area contributed by atoms with E-state index in [1.54, 1.807) is 18.9 Å². The zero-order chi connectivity index (χ0) is 18.2. The summed E-state index contributed by atoms with van der Waals surface area (Å²) in [6, 6.07) is 18.4. The summed E-state index contributed by atoms with van der Waals surface area (Å²) >= 11 is 0. The summed E-state index contributed by atoms with van der Waals surface area (Å²) in [5.41, 5.74) is 1.93. The van der Waals surface area contributed by atoms with Gasteiger partial charge in [-0.2, -0.15) is 0 Å². The van der Waals surface area contributed by atoms with E-state index >= 15 is 0 Å². The molecule has 2 unspecified atom stereocenters. The number of benzene rings is 2. The molecule has 0 aliphatic carbocycles. The number of carbonyl (C=O) groups is 2. The van der Waals surface area contributed by atoms with Gasteiger partial charge in [-0.3, -0.25) is 4.79 Å². The predicted molar refractivity (Wildman–Crippen MR) is 96.9 cm³/mol. The molecule has 0 aromatic heterocycles. The lowest BCUT2D eigenvalue weighted by Gasteiger charge is -2.28. The van der Waals surface area contributed by atoms with Crippen LogP contribution in [0.1, 0.15) is 31.0 Å². The summed E-state index contributed by atoms with van der Waals surface area (Å²) in [4.78, 5) is 26.0. The van der Waals surface area contributed by atoms with E-state index in [2.05, 4.69) is 5.32 Å². The van der Waals surface area contributed by atoms with Gasteiger partial charge in [-0.05, 0) is 25.0 Å². The van der Waals surface area contributed by atoms with Crippen LogP contribution in [0.25, 0.3) is 0 Å². The van der Waals surface area contributed by atoms with Crippen LogP contribution < -0.4 is 5.32 Å². The Morgan fingerprint density at radius 2 is 1.56 bits per heavy atom. The second-order valence-corrected chi connectivity index (χ2v) is 5.96. The van der Waals surface area contributed by atoms with Gasteiger partial charge in [0.2, 0.25) is 5.91 Å². The summed E-state index contributed by atoms with van der Waals surface area (Å²) in [5, 5.41) is 2.58. The second-order valence-electron chi connectivity index (χ2n) is 5.96. The van der Waals surface area contributed by atoms with Gasteiger partial charge >= 0.3 is 6.09 Å². The minimum absolute atomic E-state index is 0.0849. The maximum absolute atomic E-state index is 12.5. The molecule has 0 radical (unpaired) electrons. The van der Waals surface area contributed by atoms with Crippen molar-refractivity contribution in [2.45, 2.75) is 32.5 Å². The minimum Gasteiger partial charge on any atom is -0.445 e. The van der Waals surface area contributed by atoms with Crippen LogP contribution in [0, 0.1) is 0 Å². The summed E-state index contributed by atoms with van der Waals surface area (Å²) in [6.45, 7) is 3.78. The molecular formula is C20H24N2O3. The molecule has 2 aromatic carbocycles. The van der Waals surface area contributed by atoms with Crippen LogP contribution in [0.15, 0.2) is 60.7 Å². The van der Waals surface area contributed by atoms with Gasteiger partial charge in [0.05, 0.1) is 6.04 Å². The Labute approximate surface area is 148 Å². The van der Waals surface area contributed by atoms with Crippen LogP contribution in [0.3, 0.4) is 0 Å². The summed E-state index contributed by atoms with van der Waals surface area (Å²) in [6.07, 6.45) is -0.606. The van der Waals surface area contributed by atoms with Gasteiger partial charge in [0, 0.05) is 7.05 Å². The van der Waals surface area contributed by atoms with Crippen LogP contribution in [-0.2, 0) is 16.1 Å². The third-order valence-electron chi connectivity index (χ3n) is 4.13. The van der Waals surface area contributed by atoms with Gasteiger partial charge in [-0.1, -0.05) is 60.7 Å². The van der Waals surface area contributed by atoms with E-state index in [1.807, 2.05) is 67.6 Å². The van der Waals surface area contributed by atoms with Crippen molar-refractivity contribution < 1.29 is 14.3 Å². The SMILES string of the molecule is CC(NC(=O)OCc1ccccc1)C(=O)N(C)C(C)c1ccccc1. The predicted octanol–water partition coefficient (Wildman–Crippen LogP) is 3.52. The number of alkyl carbamates (subject to hydrolysis) is 1. The molecule has 0 heterocycles. The molecule has 0 spiro atoms. The molecule has 5 nitrogen and oxygen atoms in total. The van der Waals surface area contributed by atoms with Crippen LogP contribution in [0.2, 0.25) is 0 Å². The van der Waals surface area contributed by atoms with Crippen molar-refractivity contribution in [3.8, 4) is 0 Å². The first-order valence-electron chi connectivity index (χ1n) is 8.28. The first-order valence-corrected chi connectivity index (χ1v) is 8.28. The fraction of sp³-hybridized carbons (Fsp3) is 0.300. The van der Waals surface area contributed by atoms with E-state index in [0.717, 1.165) is 11.1 Å². The molecule has 0 aliphatic heterocycles. The van der Waals surface area contributed by atoms with E-state index in [-0.39, 0.29) is 18.6 Å². The molecular weight excluding hydrogens is 316 g/mol. The highest BCUT2D eigenvalue weighted by Gasteiger charge is 2.24. The maximum Gasteiger partial charge on any atom is 0.408 e. The van der Waals surface area contributed by atoms with E-state index in [4.69, 9.17) is 4.74 Å². The number of amides is 2. The van der Waals surface area contributed by atoms with Crippen LogP contribution in [0.5, 0.6) is 0 Å². The molecule has 2 rings (SSSR count). The number of nitrogens with one attached hydrogen (secondary N) is 1. The van der Waals surface area contributed by atoms with Crippen molar-refractivity contribution in [1.82, 2.24) is 10.2 Å². The largest absolute Gasteiger partial charge is 0.445 e. The Balaban J connectivity index is 1.85. The number of hydrogen-bond acceptors (Lipinski definition) is 3. The van der Waals surface area contributed by atoms with Crippen molar-refractivity contribution in [3.05, 3.63) is 71.8 Å². The highest BCUT2D eigenvalue weighted by molar-refractivity contribution is 5.85. The Hall–Kier alpha value is -2.82. The zero-order valence-electron chi connectivity index (χ0n) is 14.8. The summed E-state index contributed by atoms with van der Waals surface area (Å²) < 4.78 is 5.15. The molecule has 25 heavy (non-hydrogen) atoms. The van der Waals surface area contributed by atoms with Gasteiger partial charge < -0.3 is 15.0 Å². The van der Waals surface area contributed by atoms with Gasteiger partial charge in [0.25, 0.3) is 0 Å². The normalized spacial score (nSPS) is 12.8. The maximum atomic E-state index is 12.5. The smallest absolute Gasteiger partial charge is 0.408 e. The molecule has 5 heteroatoms. The summed E-state index contributed by atoms with van der Waals surface area (Å²) in [5.74, 6) is -0.173. The number of ether oxygens (including phenoxy) is 1. The molecule has 0 fully saturated rings. The standard InChI is InChI=1S/C20H24N2O3/c1-15(21-20(24)25-14-17-10-6-4-7-11-17)19(23)22(3)16(2)18-12-8-5-9-13-18/h4-13,15-16H,14H2,1-3H3,(H,21,24). The molecule has 0 aliphatic rings.